The molecule has 0 aliphatic heterocycles. The number of hydrogen-bond acceptors (Lipinski definition) is 7. The van der Waals surface area contributed by atoms with Crippen molar-refractivity contribution >= 4 is 34.2 Å². The summed E-state index contributed by atoms with van der Waals surface area (Å²) < 4.78 is 26.4. The van der Waals surface area contributed by atoms with Gasteiger partial charge >= 0.3 is 5.97 Å². The van der Waals surface area contributed by atoms with Crippen LogP contribution in [0.1, 0.15) is 50.4 Å². The number of amides is 1. The first-order valence-electron chi connectivity index (χ1n) is 13.3. The molecule has 0 saturated carbocycles. The zero-order valence-corrected chi connectivity index (χ0v) is 23.1. The predicted octanol–water partition coefficient (Wildman–Crippen LogP) is 5.63. The molecule has 41 heavy (non-hydrogen) atoms. The third-order valence-electron chi connectivity index (χ3n) is 6.31. The van der Waals surface area contributed by atoms with Gasteiger partial charge in [0.2, 0.25) is 5.91 Å². The maximum Gasteiger partial charge on any atom is 0.305 e. The summed E-state index contributed by atoms with van der Waals surface area (Å²) in [5, 5.41) is 17.1. The van der Waals surface area contributed by atoms with Gasteiger partial charge in [-0.2, -0.15) is 0 Å². The number of aliphatic carboxylic acids is 1. The summed E-state index contributed by atoms with van der Waals surface area (Å²) in [6.07, 6.45) is 0.927. The number of aromatic nitrogens is 1. The molecule has 0 fully saturated rings. The zero-order valence-electron chi connectivity index (χ0n) is 23.1. The van der Waals surface area contributed by atoms with Crippen molar-refractivity contribution in [1.29, 1.82) is 0 Å². The van der Waals surface area contributed by atoms with E-state index in [0.717, 1.165) is 10.8 Å². The standard InChI is InChI=1S/C31H33FN4O5/c1-4-40-26-12-9-20(16-27(26)41-18(2)3)29(35-21-10-11-22-19(15-21)13-14-34-30(22)33)31(39)36-25(17-28(37)38)23-7-5-6-8-24(23)32/h5-16,18,25,29,35H,4,17H2,1-3H3,(H2,33,34)(H,36,39)(H,37,38)/t25-,29?/m1/s1. The first kappa shape index (κ1) is 29.1. The topological polar surface area (TPSA) is 136 Å². The number of pyridine rings is 1. The molecular weight excluding hydrogens is 527 g/mol. The van der Waals surface area contributed by atoms with Crippen LogP contribution in [0.2, 0.25) is 0 Å². The van der Waals surface area contributed by atoms with Crippen LogP contribution in [0.5, 0.6) is 11.5 Å². The van der Waals surface area contributed by atoms with Crippen LogP contribution in [0.15, 0.2) is 72.9 Å². The molecule has 1 heterocycles. The van der Waals surface area contributed by atoms with Crippen LogP contribution >= 0.6 is 0 Å². The minimum Gasteiger partial charge on any atom is -0.490 e. The maximum absolute atomic E-state index is 14.7. The second-order valence-electron chi connectivity index (χ2n) is 9.70. The average Bonchev–Trinajstić information content (AvgIpc) is 2.92. The lowest BCUT2D eigenvalue weighted by Crippen LogP contribution is -2.37. The van der Waals surface area contributed by atoms with E-state index >= 15 is 0 Å². The Kier molecular flexibility index (Phi) is 9.23. The van der Waals surface area contributed by atoms with Crippen molar-refractivity contribution in [3.05, 3.63) is 89.9 Å². The molecule has 2 atom stereocenters. The number of carbonyl (C=O) groups is 2. The molecule has 1 unspecified atom stereocenters. The molecule has 0 saturated heterocycles. The Morgan fingerprint density at radius 3 is 2.54 bits per heavy atom. The minimum atomic E-state index is -1.18. The van der Waals surface area contributed by atoms with Crippen LogP contribution in [0, 0.1) is 5.82 Å². The van der Waals surface area contributed by atoms with Crippen molar-refractivity contribution in [1.82, 2.24) is 10.3 Å². The monoisotopic (exact) mass is 560 g/mol. The van der Waals surface area contributed by atoms with Crippen molar-refractivity contribution < 1.29 is 28.6 Å². The lowest BCUT2D eigenvalue weighted by Gasteiger charge is -2.25. The summed E-state index contributed by atoms with van der Waals surface area (Å²) in [6.45, 7) is 6.04. The summed E-state index contributed by atoms with van der Waals surface area (Å²) in [5.74, 6) is -1.00. The van der Waals surface area contributed by atoms with Gasteiger partial charge in [0.05, 0.1) is 25.2 Å². The number of hydrogen-bond donors (Lipinski definition) is 4. The van der Waals surface area contributed by atoms with Crippen molar-refractivity contribution in [3.8, 4) is 11.5 Å². The van der Waals surface area contributed by atoms with Gasteiger partial charge in [0, 0.05) is 22.8 Å². The molecule has 4 rings (SSSR count). The highest BCUT2D eigenvalue weighted by Gasteiger charge is 2.28. The molecule has 5 N–H and O–H groups in total. The number of nitrogens with one attached hydrogen (secondary N) is 2. The van der Waals surface area contributed by atoms with Crippen LogP contribution < -0.4 is 25.8 Å². The number of carboxylic acid groups (broad SMARTS) is 1. The normalized spacial score (nSPS) is 12.5. The van der Waals surface area contributed by atoms with Crippen LogP contribution in [-0.4, -0.2) is 34.7 Å². The quantitative estimate of drug-likeness (QED) is 0.175. The zero-order chi connectivity index (χ0) is 29.5. The highest BCUT2D eigenvalue weighted by atomic mass is 19.1. The van der Waals surface area contributed by atoms with Crippen LogP contribution in [0.3, 0.4) is 0 Å². The molecule has 1 amide bonds. The number of carbonyl (C=O) groups excluding carboxylic acids is 1. The lowest BCUT2D eigenvalue weighted by molar-refractivity contribution is -0.137. The molecule has 0 aliphatic rings. The number of fused-ring (bicyclic) bond motifs is 1. The van der Waals surface area contributed by atoms with E-state index in [2.05, 4.69) is 15.6 Å². The molecule has 4 aromatic rings. The summed E-state index contributed by atoms with van der Waals surface area (Å²) in [5.41, 5.74) is 7.21. The molecule has 0 aliphatic carbocycles. The van der Waals surface area contributed by atoms with Gasteiger partial charge in [-0.1, -0.05) is 24.3 Å². The Morgan fingerprint density at radius 1 is 1.05 bits per heavy atom. The van der Waals surface area contributed by atoms with Crippen molar-refractivity contribution in [3.63, 3.8) is 0 Å². The van der Waals surface area contributed by atoms with Crippen LogP contribution in [0.4, 0.5) is 15.9 Å². The minimum absolute atomic E-state index is 0.0752. The number of carboxylic acids is 1. The van der Waals surface area contributed by atoms with Crippen LogP contribution in [-0.2, 0) is 9.59 Å². The fourth-order valence-corrected chi connectivity index (χ4v) is 4.51. The Labute approximate surface area is 237 Å². The molecule has 9 nitrogen and oxygen atoms in total. The number of ether oxygens (including phenoxy) is 2. The van der Waals surface area contributed by atoms with E-state index in [-0.39, 0.29) is 11.7 Å². The first-order chi connectivity index (χ1) is 19.7. The Balaban J connectivity index is 1.76. The van der Waals surface area contributed by atoms with Gasteiger partial charge in [0.25, 0.3) is 0 Å². The SMILES string of the molecule is CCOc1ccc(C(Nc2ccc3c(N)nccc3c2)C(=O)N[C@H](CC(=O)O)c2ccccc2F)cc1OC(C)C. The average molecular weight is 561 g/mol. The molecule has 0 radical (unpaired) electrons. The maximum atomic E-state index is 14.7. The van der Waals surface area contributed by atoms with Gasteiger partial charge in [-0.05, 0) is 74.2 Å². The summed E-state index contributed by atoms with van der Waals surface area (Å²) >= 11 is 0. The number of benzene rings is 3. The number of nitrogen functional groups attached to an aromatic ring is 1. The predicted molar refractivity (Wildman–Crippen MR) is 155 cm³/mol. The molecule has 214 valence electrons. The third-order valence-corrected chi connectivity index (χ3v) is 6.31. The van der Waals surface area contributed by atoms with Gasteiger partial charge in [0.1, 0.15) is 17.7 Å². The molecule has 3 aromatic carbocycles. The first-order valence-corrected chi connectivity index (χ1v) is 13.3. The third kappa shape index (κ3) is 7.21. The molecule has 10 heteroatoms. The smallest absolute Gasteiger partial charge is 0.305 e. The molecule has 1 aromatic heterocycles. The van der Waals surface area contributed by atoms with E-state index in [0.29, 0.717) is 35.2 Å². The second-order valence-corrected chi connectivity index (χ2v) is 9.70. The van der Waals surface area contributed by atoms with Gasteiger partial charge in [-0.3, -0.25) is 9.59 Å². The Bertz CT molecular complexity index is 1540. The van der Waals surface area contributed by atoms with E-state index < -0.39 is 36.2 Å². The number of nitrogens with zero attached hydrogens (tertiary/aromatic N) is 1. The number of rotatable bonds is 12. The summed E-state index contributed by atoms with van der Waals surface area (Å²) in [6, 6.07) is 16.0. The Hall–Kier alpha value is -4.86. The largest absolute Gasteiger partial charge is 0.490 e. The van der Waals surface area contributed by atoms with E-state index in [4.69, 9.17) is 15.2 Å². The van der Waals surface area contributed by atoms with Gasteiger partial charge in [-0.15, -0.1) is 0 Å². The fraction of sp³-hybridized carbons (Fsp3) is 0.258. The molecular formula is C31H33FN4O5. The molecule has 0 bridgehead atoms. The second kappa shape index (κ2) is 13.0. The lowest BCUT2D eigenvalue weighted by atomic mass is 10.00. The van der Waals surface area contributed by atoms with E-state index in [1.54, 1.807) is 48.7 Å². The van der Waals surface area contributed by atoms with E-state index in [1.165, 1.54) is 18.2 Å². The number of halogens is 1. The van der Waals surface area contributed by atoms with Crippen LogP contribution in [0.25, 0.3) is 10.8 Å². The van der Waals surface area contributed by atoms with E-state index in [1.807, 2.05) is 26.8 Å². The number of nitrogens with two attached hydrogens (primary N) is 1. The fourth-order valence-electron chi connectivity index (χ4n) is 4.51. The van der Waals surface area contributed by atoms with Crippen molar-refractivity contribution in [2.45, 2.75) is 45.4 Å². The van der Waals surface area contributed by atoms with Gasteiger partial charge in [-0.25, -0.2) is 9.37 Å². The molecule has 0 spiro atoms. The highest BCUT2D eigenvalue weighted by Crippen LogP contribution is 2.34. The van der Waals surface area contributed by atoms with E-state index in [9.17, 15) is 19.1 Å². The van der Waals surface area contributed by atoms with Crippen molar-refractivity contribution in [2.24, 2.45) is 0 Å². The Morgan fingerprint density at radius 2 is 1.83 bits per heavy atom. The van der Waals surface area contributed by atoms with Crippen molar-refractivity contribution in [2.75, 3.05) is 17.7 Å². The summed E-state index contributed by atoms with van der Waals surface area (Å²) in [4.78, 5) is 29.7. The highest BCUT2D eigenvalue weighted by molar-refractivity contribution is 5.94. The van der Waals surface area contributed by atoms with Gasteiger partial charge in [0.15, 0.2) is 11.5 Å². The summed E-state index contributed by atoms with van der Waals surface area (Å²) in [7, 11) is 0. The number of anilines is 2. The van der Waals surface area contributed by atoms with Gasteiger partial charge < -0.3 is 30.9 Å².